The molecule has 0 saturated carbocycles. The Morgan fingerprint density at radius 3 is 2.94 bits per heavy atom. The van der Waals surface area contributed by atoms with E-state index in [1.165, 1.54) is 12.8 Å². The van der Waals surface area contributed by atoms with Gasteiger partial charge in [0.05, 0.1) is 6.54 Å². The Bertz CT molecular complexity index is 373. The van der Waals surface area contributed by atoms with Gasteiger partial charge in [0, 0.05) is 25.1 Å². The van der Waals surface area contributed by atoms with E-state index < -0.39 is 0 Å². The molecule has 1 aromatic heterocycles. The molecule has 2 heterocycles. The van der Waals surface area contributed by atoms with Crippen LogP contribution in [0.15, 0.2) is 0 Å². The van der Waals surface area contributed by atoms with Crippen LogP contribution in [0.1, 0.15) is 44.8 Å². The Morgan fingerprint density at radius 2 is 2.18 bits per heavy atom. The zero-order chi connectivity index (χ0) is 12.3. The number of hydrogen-bond acceptors (Lipinski definition) is 4. The average Bonchev–Trinajstić information content (AvgIpc) is 2.70. The molecule has 2 rings (SSSR count). The molecule has 0 radical (unpaired) electrons. The van der Waals surface area contributed by atoms with Gasteiger partial charge in [0.2, 0.25) is 0 Å². The Balaban J connectivity index is 1.97. The number of nitrogens with zero attached hydrogens (tertiary/aromatic N) is 3. The highest BCUT2D eigenvalue weighted by Gasteiger charge is 2.19. The summed E-state index contributed by atoms with van der Waals surface area (Å²) in [5.41, 5.74) is -0.0597. The van der Waals surface area contributed by atoms with Crippen LogP contribution in [0.2, 0.25) is 0 Å². The van der Waals surface area contributed by atoms with Gasteiger partial charge in [-0.25, -0.2) is 0 Å². The summed E-state index contributed by atoms with van der Waals surface area (Å²) in [7, 11) is 0. The molecule has 0 bridgehead atoms. The summed E-state index contributed by atoms with van der Waals surface area (Å²) >= 11 is 0. The molecule has 96 valence electrons. The maximum absolute atomic E-state index is 8.98. The molecular formula is C12H22N4O. The number of hydrogen-bond donors (Lipinski definition) is 2. The van der Waals surface area contributed by atoms with Crippen molar-refractivity contribution in [1.82, 2.24) is 20.1 Å². The second kappa shape index (κ2) is 5.14. The van der Waals surface area contributed by atoms with Crippen molar-refractivity contribution < 1.29 is 5.11 Å². The molecule has 1 aromatic rings. The SMILES string of the molecule is CC(C)(CCO)NCc1nnc2n1CCCC2. The number of fused-ring (bicyclic) bond motifs is 1. The number of aliphatic hydroxyl groups excluding tert-OH is 1. The van der Waals surface area contributed by atoms with Crippen molar-refractivity contribution >= 4 is 0 Å². The van der Waals surface area contributed by atoms with Crippen molar-refractivity contribution in [1.29, 1.82) is 0 Å². The lowest BCUT2D eigenvalue weighted by atomic mass is 10.0. The van der Waals surface area contributed by atoms with E-state index in [1.54, 1.807) is 0 Å². The van der Waals surface area contributed by atoms with Gasteiger partial charge in [-0.3, -0.25) is 0 Å². The predicted molar refractivity (Wildman–Crippen MR) is 65.6 cm³/mol. The fourth-order valence-corrected chi connectivity index (χ4v) is 2.19. The molecule has 1 aliphatic heterocycles. The van der Waals surface area contributed by atoms with E-state index in [0.717, 1.165) is 37.6 Å². The van der Waals surface area contributed by atoms with E-state index in [-0.39, 0.29) is 12.1 Å². The molecule has 17 heavy (non-hydrogen) atoms. The molecular weight excluding hydrogens is 216 g/mol. The number of aryl methyl sites for hydroxylation is 1. The highest BCUT2D eigenvalue weighted by atomic mass is 16.3. The van der Waals surface area contributed by atoms with Crippen LogP contribution in [-0.2, 0) is 19.5 Å². The average molecular weight is 238 g/mol. The van der Waals surface area contributed by atoms with E-state index in [4.69, 9.17) is 5.11 Å². The van der Waals surface area contributed by atoms with Gasteiger partial charge in [-0.05, 0) is 33.1 Å². The summed E-state index contributed by atoms with van der Waals surface area (Å²) in [5.74, 6) is 2.14. The Hall–Kier alpha value is -0.940. The van der Waals surface area contributed by atoms with E-state index in [9.17, 15) is 0 Å². The quantitative estimate of drug-likeness (QED) is 0.799. The van der Waals surface area contributed by atoms with E-state index in [0.29, 0.717) is 0 Å². The molecule has 0 fully saturated rings. The number of rotatable bonds is 5. The van der Waals surface area contributed by atoms with Crippen LogP contribution in [-0.4, -0.2) is 32.0 Å². The zero-order valence-corrected chi connectivity index (χ0v) is 10.7. The first kappa shape index (κ1) is 12.5. The second-order valence-corrected chi connectivity index (χ2v) is 5.35. The van der Waals surface area contributed by atoms with Crippen LogP contribution in [0.25, 0.3) is 0 Å². The van der Waals surface area contributed by atoms with Gasteiger partial charge in [0.1, 0.15) is 11.6 Å². The molecule has 0 atom stereocenters. The van der Waals surface area contributed by atoms with Crippen LogP contribution < -0.4 is 5.32 Å². The van der Waals surface area contributed by atoms with Gasteiger partial charge in [0.25, 0.3) is 0 Å². The van der Waals surface area contributed by atoms with E-state index >= 15 is 0 Å². The van der Waals surface area contributed by atoms with Crippen molar-refractivity contribution in [2.45, 2.75) is 58.2 Å². The molecule has 0 aromatic carbocycles. The third-order valence-electron chi connectivity index (χ3n) is 3.40. The third-order valence-corrected chi connectivity index (χ3v) is 3.40. The summed E-state index contributed by atoms with van der Waals surface area (Å²) in [6.07, 6.45) is 4.24. The van der Waals surface area contributed by atoms with Crippen LogP contribution in [0.4, 0.5) is 0 Å². The van der Waals surface area contributed by atoms with Crippen LogP contribution in [0.5, 0.6) is 0 Å². The summed E-state index contributed by atoms with van der Waals surface area (Å²) < 4.78 is 2.23. The molecule has 0 spiro atoms. The van der Waals surface area contributed by atoms with Gasteiger partial charge in [-0.2, -0.15) is 0 Å². The molecule has 1 aliphatic rings. The molecule has 0 unspecified atom stereocenters. The molecule has 5 heteroatoms. The summed E-state index contributed by atoms with van der Waals surface area (Å²) in [6, 6.07) is 0. The summed E-state index contributed by atoms with van der Waals surface area (Å²) in [6.45, 7) is 6.16. The third kappa shape index (κ3) is 3.04. The Morgan fingerprint density at radius 1 is 1.35 bits per heavy atom. The van der Waals surface area contributed by atoms with Crippen LogP contribution >= 0.6 is 0 Å². The monoisotopic (exact) mass is 238 g/mol. The van der Waals surface area contributed by atoms with E-state index in [1.807, 2.05) is 0 Å². The van der Waals surface area contributed by atoms with Crippen molar-refractivity contribution in [3.63, 3.8) is 0 Å². The van der Waals surface area contributed by atoms with Crippen molar-refractivity contribution in [2.75, 3.05) is 6.61 Å². The maximum atomic E-state index is 8.98. The Labute approximate surface area is 102 Å². The number of nitrogens with one attached hydrogen (secondary N) is 1. The van der Waals surface area contributed by atoms with Crippen molar-refractivity contribution in [2.24, 2.45) is 0 Å². The fraction of sp³-hybridized carbons (Fsp3) is 0.833. The van der Waals surface area contributed by atoms with Crippen LogP contribution in [0.3, 0.4) is 0 Å². The molecule has 2 N–H and O–H groups in total. The highest BCUT2D eigenvalue weighted by molar-refractivity contribution is 4.99. The van der Waals surface area contributed by atoms with Gasteiger partial charge < -0.3 is 15.0 Å². The topological polar surface area (TPSA) is 63.0 Å². The highest BCUT2D eigenvalue weighted by Crippen LogP contribution is 2.15. The first-order valence-corrected chi connectivity index (χ1v) is 6.39. The molecule has 5 nitrogen and oxygen atoms in total. The first-order valence-electron chi connectivity index (χ1n) is 6.39. The van der Waals surface area contributed by atoms with Crippen LogP contribution in [0, 0.1) is 0 Å². The first-order chi connectivity index (χ1) is 8.12. The lowest BCUT2D eigenvalue weighted by molar-refractivity contribution is 0.228. The van der Waals surface area contributed by atoms with Gasteiger partial charge in [-0.15, -0.1) is 10.2 Å². The number of aliphatic hydroxyl groups is 1. The lowest BCUT2D eigenvalue weighted by Crippen LogP contribution is -2.40. The summed E-state index contributed by atoms with van der Waals surface area (Å²) in [4.78, 5) is 0. The molecule has 0 amide bonds. The zero-order valence-electron chi connectivity index (χ0n) is 10.7. The van der Waals surface area contributed by atoms with Gasteiger partial charge in [-0.1, -0.05) is 0 Å². The van der Waals surface area contributed by atoms with Gasteiger partial charge >= 0.3 is 0 Å². The fourth-order valence-electron chi connectivity index (χ4n) is 2.19. The minimum atomic E-state index is -0.0597. The minimum absolute atomic E-state index is 0.0597. The second-order valence-electron chi connectivity index (χ2n) is 5.35. The van der Waals surface area contributed by atoms with E-state index in [2.05, 4.69) is 33.9 Å². The smallest absolute Gasteiger partial charge is 0.147 e. The maximum Gasteiger partial charge on any atom is 0.147 e. The largest absolute Gasteiger partial charge is 0.396 e. The standard InChI is InChI=1S/C12H22N4O/c1-12(2,6-8-17)13-9-11-15-14-10-5-3-4-7-16(10)11/h13,17H,3-9H2,1-2H3. The van der Waals surface area contributed by atoms with Crippen molar-refractivity contribution in [3.8, 4) is 0 Å². The van der Waals surface area contributed by atoms with Crippen molar-refractivity contribution in [3.05, 3.63) is 11.6 Å². The Kier molecular flexibility index (Phi) is 3.79. The van der Waals surface area contributed by atoms with Gasteiger partial charge in [0.15, 0.2) is 0 Å². The lowest BCUT2D eigenvalue weighted by Gasteiger charge is -2.25. The number of aromatic nitrogens is 3. The minimum Gasteiger partial charge on any atom is -0.396 e. The molecule has 0 aliphatic carbocycles. The summed E-state index contributed by atoms with van der Waals surface area (Å²) in [5, 5.41) is 20.9. The normalized spacial score (nSPS) is 15.9. The molecule has 0 saturated heterocycles. The predicted octanol–water partition coefficient (Wildman–Crippen LogP) is 0.865.